The van der Waals surface area contributed by atoms with E-state index in [-0.39, 0.29) is 0 Å². The monoisotopic (exact) mass is 255 g/mol. The molecule has 0 spiro atoms. The second-order valence-corrected chi connectivity index (χ2v) is 3.11. The normalized spacial score (nSPS) is 8.89. The first-order valence-corrected chi connectivity index (χ1v) is 5.00. The molecule has 0 amide bonds. The summed E-state index contributed by atoms with van der Waals surface area (Å²) in [5.41, 5.74) is 1.98. The van der Waals surface area contributed by atoms with Crippen LogP contribution >= 0.6 is 0 Å². The summed E-state index contributed by atoms with van der Waals surface area (Å²) in [6.45, 7) is 7.00. The Morgan fingerprint density at radius 1 is 1.21 bits per heavy atom. The number of hydrogen-bond acceptors (Lipinski definition) is 6. The molecule has 19 heavy (non-hydrogen) atoms. The fourth-order valence-corrected chi connectivity index (χ4v) is 1.36. The maximum absolute atomic E-state index is 6.50. The van der Waals surface area contributed by atoms with E-state index >= 15 is 0 Å². The molecular weight excluding hydrogens is 242 g/mol. The number of aromatic nitrogens is 3. The van der Waals surface area contributed by atoms with Crippen LogP contribution in [0.4, 0.5) is 0 Å². The fourth-order valence-electron chi connectivity index (χ4n) is 1.36. The van der Waals surface area contributed by atoms with Gasteiger partial charge in [0.15, 0.2) is 5.82 Å². The molecule has 2 N–H and O–H groups in total. The standard InChI is InChI=1S/C10H11N5.2CHN/c1-15-10(12-7-14-15)9-4-2-8(3-5-9)6-13-11;2*1-2/h2-7H,11H2,1H3;2*1H. The number of nitriles is 2. The average Bonchev–Trinajstić information content (AvgIpc) is 2.91. The highest BCUT2D eigenvalue weighted by Crippen LogP contribution is 2.15. The van der Waals surface area contributed by atoms with Gasteiger partial charge in [-0.2, -0.15) is 10.2 Å². The van der Waals surface area contributed by atoms with E-state index in [0.29, 0.717) is 0 Å². The highest BCUT2D eigenvalue weighted by molar-refractivity contribution is 5.80. The summed E-state index contributed by atoms with van der Waals surface area (Å²) >= 11 is 0. The molecule has 0 aliphatic rings. The molecule has 0 aliphatic heterocycles. The predicted octanol–water partition coefficient (Wildman–Crippen LogP) is 1.05. The van der Waals surface area contributed by atoms with Gasteiger partial charge in [-0.05, 0) is 5.56 Å². The van der Waals surface area contributed by atoms with Crippen molar-refractivity contribution < 1.29 is 0 Å². The molecule has 7 nitrogen and oxygen atoms in total. The van der Waals surface area contributed by atoms with Crippen LogP contribution in [-0.4, -0.2) is 21.0 Å². The van der Waals surface area contributed by atoms with Gasteiger partial charge in [-0.1, -0.05) is 24.3 Å². The first-order valence-electron chi connectivity index (χ1n) is 5.00. The van der Waals surface area contributed by atoms with Crippen LogP contribution in [0.3, 0.4) is 0 Å². The van der Waals surface area contributed by atoms with Crippen molar-refractivity contribution in [2.24, 2.45) is 18.0 Å². The second-order valence-electron chi connectivity index (χ2n) is 3.11. The van der Waals surface area contributed by atoms with Crippen molar-refractivity contribution in [1.82, 2.24) is 14.8 Å². The van der Waals surface area contributed by atoms with Gasteiger partial charge in [0.2, 0.25) is 0 Å². The Bertz CT molecular complexity index is 542. The molecule has 96 valence electrons. The summed E-state index contributed by atoms with van der Waals surface area (Å²) in [5, 5.41) is 20.5. The van der Waals surface area contributed by atoms with Crippen LogP contribution in [-0.2, 0) is 7.05 Å². The smallest absolute Gasteiger partial charge is 0.157 e. The van der Waals surface area contributed by atoms with Gasteiger partial charge in [0, 0.05) is 25.8 Å². The van der Waals surface area contributed by atoms with Crippen molar-refractivity contribution in [3.63, 3.8) is 0 Å². The number of nitrogens with zero attached hydrogens (tertiary/aromatic N) is 6. The van der Waals surface area contributed by atoms with E-state index in [9.17, 15) is 0 Å². The van der Waals surface area contributed by atoms with Gasteiger partial charge >= 0.3 is 0 Å². The Morgan fingerprint density at radius 3 is 2.21 bits per heavy atom. The van der Waals surface area contributed by atoms with Crippen LogP contribution in [0.5, 0.6) is 0 Å². The van der Waals surface area contributed by atoms with E-state index in [1.165, 1.54) is 6.33 Å². The molecule has 0 radical (unpaired) electrons. The lowest BCUT2D eigenvalue weighted by Crippen LogP contribution is -1.94. The minimum atomic E-state index is 0.839. The Hall–Kier alpha value is -3.19. The third kappa shape index (κ3) is 4.29. The zero-order valence-corrected chi connectivity index (χ0v) is 10.4. The lowest BCUT2D eigenvalue weighted by Gasteiger charge is -2.00. The number of benzene rings is 1. The number of rotatable bonds is 2. The first kappa shape index (κ1) is 15.8. The van der Waals surface area contributed by atoms with Crippen LogP contribution in [0.25, 0.3) is 11.4 Å². The molecule has 7 heteroatoms. The van der Waals surface area contributed by atoms with Crippen LogP contribution < -0.4 is 5.84 Å². The minimum absolute atomic E-state index is 0.839. The number of nitrogens with two attached hydrogens (primary N) is 1. The maximum atomic E-state index is 6.50. The summed E-state index contributed by atoms with van der Waals surface area (Å²) in [6, 6.07) is 7.78. The first-order chi connectivity index (χ1) is 9.31. The number of hydrazone groups is 1. The van der Waals surface area contributed by atoms with Crippen LogP contribution in [0, 0.1) is 23.7 Å². The van der Waals surface area contributed by atoms with E-state index < -0.39 is 0 Å². The maximum Gasteiger partial charge on any atom is 0.157 e. The second kappa shape index (κ2) is 8.90. The Labute approximate surface area is 111 Å². The topological polar surface area (TPSA) is 117 Å². The minimum Gasteiger partial charge on any atom is -0.323 e. The quantitative estimate of drug-likeness (QED) is 0.489. The molecule has 1 aromatic carbocycles. The highest BCUT2D eigenvalue weighted by atomic mass is 15.3. The van der Waals surface area contributed by atoms with Gasteiger partial charge in [-0.25, -0.2) is 20.2 Å². The summed E-state index contributed by atoms with van der Waals surface area (Å²) in [6.07, 6.45) is 3.13. The summed E-state index contributed by atoms with van der Waals surface area (Å²) in [4.78, 5) is 4.16. The molecule has 1 heterocycles. The van der Waals surface area contributed by atoms with Crippen LogP contribution in [0.15, 0.2) is 35.7 Å². The Kier molecular flexibility index (Phi) is 7.41. The summed E-state index contributed by atoms with van der Waals surface area (Å²) in [5.74, 6) is 5.90. The number of hydrogen-bond donors (Lipinski definition) is 1. The Morgan fingerprint density at radius 2 is 1.79 bits per heavy atom. The lowest BCUT2D eigenvalue weighted by molar-refractivity contribution is 0.774. The highest BCUT2D eigenvalue weighted by Gasteiger charge is 2.02. The number of aryl methyl sites for hydroxylation is 1. The molecule has 0 aliphatic carbocycles. The van der Waals surface area contributed by atoms with Crippen LogP contribution in [0.2, 0.25) is 0 Å². The molecule has 0 atom stereocenters. The van der Waals surface area contributed by atoms with E-state index in [2.05, 4.69) is 28.3 Å². The van der Waals surface area contributed by atoms with Crippen molar-refractivity contribution in [2.75, 3.05) is 0 Å². The molecule has 0 saturated heterocycles. The van der Waals surface area contributed by atoms with Gasteiger partial charge in [0.1, 0.15) is 6.33 Å². The van der Waals surface area contributed by atoms with E-state index in [1.54, 1.807) is 10.9 Å². The van der Waals surface area contributed by atoms with Crippen molar-refractivity contribution in [1.29, 1.82) is 10.5 Å². The van der Waals surface area contributed by atoms with Crippen LogP contribution in [0.1, 0.15) is 5.56 Å². The third-order valence-corrected chi connectivity index (χ3v) is 2.10. The van der Waals surface area contributed by atoms with Crippen molar-refractivity contribution in [3.8, 4) is 24.5 Å². The molecule has 0 bridgehead atoms. The van der Waals surface area contributed by atoms with Gasteiger partial charge in [-0.15, -0.1) is 0 Å². The molecule has 0 unspecified atom stereocenters. The van der Waals surface area contributed by atoms with Gasteiger partial charge < -0.3 is 5.84 Å². The predicted molar refractivity (Wildman–Crippen MR) is 71.6 cm³/mol. The molecular formula is C12H13N7. The van der Waals surface area contributed by atoms with Gasteiger partial charge in [0.25, 0.3) is 0 Å². The Balaban J connectivity index is 0.000000741. The van der Waals surface area contributed by atoms with E-state index in [4.69, 9.17) is 16.4 Å². The molecule has 2 aromatic rings. The van der Waals surface area contributed by atoms with Crippen molar-refractivity contribution in [3.05, 3.63) is 36.2 Å². The largest absolute Gasteiger partial charge is 0.323 e. The average molecular weight is 255 g/mol. The zero-order valence-electron chi connectivity index (χ0n) is 10.4. The third-order valence-electron chi connectivity index (χ3n) is 2.10. The SMILES string of the molecule is C#N.C#N.Cn1ncnc1-c1ccc(C=NN)cc1. The lowest BCUT2D eigenvalue weighted by atomic mass is 10.1. The van der Waals surface area contributed by atoms with E-state index in [1.807, 2.05) is 31.3 Å². The van der Waals surface area contributed by atoms with Gasteiger partial charge in [-0.3, -0.25) is 0 Å². The van der Waals surface area contributed by atoms with Crippen molar-refractivity contribution in [2.45, 2.75) is 0 Å². The fraction of sp³-hybridized carbons (Fsp3) is 0.0833. The molecule has 0 saturated carbocycles. The summed E-state index contributed by atoms with van der Waals surface area (Å²) < 4.78 is 1.73. The molecule has 0 fully saturated rings. The van der Waals surface area contributed by atoms with E-state index in [0.717, 1.165) is 17.0 Å². The molecule has 1 aromatic heterocycles. The zero-order chi connectivity index (χ0) is 14.7. The molecule has 2 rings (SSSR count). The summed E-state index contributed by atoms with van der Waals surface area (Å²) in [7, 11) is 1.86. The van der Waals surface area contributed by atoms with Gasteiger partial charge in [0.05, 0.1) is 6.21 Å². The van der Waals surface area contributed by atoms with Crippen molar-refractivity contribution >= 4 is 6.21 Å².